The molecule has 0 aliphatic carbocycles. The second-order valence-electron chi connectivity index (χ2n) is 5.04. The van der Waals surface area contributed by atoms with Gasteiger partial charge in [0.2, 0.25) is 5.88 Å². The lowest BCUT2D eigenvalue weighted by Crippen LogP contribution is -2.34. The van der Waals surface area contributed by atoms with Crippen molar-refractivity contribution in [2.75, 3.05) is 12.0 Å². The molecule has 0 aliphatic rings. The summed E-state index contributed by atoms with van der Waals surface area (Å²) in [6.07, 6.45) is 2.88. The molecule has 0 bridgehead atoms. The highest BCUT2D eigenvalue weighted by molar-refractivity contribution is 8.04. The first kappa shape index (κ1) is 19.6. The van der Waals surface area contributed by atoms with Crippen LogP contribution in [0.4, 0.5) is 4.39 Å². The first-order chi connectivity index (χ1) is 11.9. The molecule has 1 aromatic heterocycles. The molecule has 1 aromatic carbocycles. The number of Topliss-reactive ketones (excluding diaryl/α,β-unsaturated/α-hetero) is 1. The van der Waals surface area contributed by atoms with Crippen molar-refractivity contribution in [2.24, 2.45) is 0 Å². The average Bonchev–Trinajstić information content (AvgIpc) is 2.59. The Labute approximate surface area is 158 Å². The topological polar surface area (TPSA) is 63.0 Å². The van der Waals surface area contributed by atoms with E-state index in [9.17, 15) is 14.4 Å². The van der Waals surface area contributed by atoms with Crippen molar-refractivity contribution in [3.63, 3.8) is 0 Å². The Morgan fingerprint density at radius 1 is 1.44 bits per heavy atom. The lowest BCUT2D eigenvalue weighted by atomic mass is 10.1. The van der Waals surface area contributed by atoms with Crippen molar-refractivity contribution in [2.45, 2.75) is 16.6 Å². The van der Waals surface area contributed by atoms with Crippen LogP contribution < -0.4 is 4.74 Å². The van der Waals surface area contributed by atoms with Crippen LogP contribution in [0.2, 0.25) is 5.02 Å². The molecule has 0 amide bonds. The van der Waals surface area contributed by atoms with E-state index in [1.165, 1.54) is 30.8 Å². The number of aromatic nitrogens is 1. The van der Waals surface area contributed by atoms with Crippen molar-refractivity contribution < 1.29 is 13.9 Å². The van der Waals surface area contributed by atoms with E-state index in [4.69, 9.17) is 16.3 Å². The molecule has 0 N–H and O–H groups in total. The van der Waals surface area contributed by atoms with E-state index >= 15 is 0 Å². The number of thioether (sulfide) groups is 2. The number of hydrogen-bond acceptors (Lipinski definition) is 6. The van der Waals surface area contributed by atoms with Crippen molar-refractivity contribution >= 4 is 40.9 Å². The van der Waals surface area contributed by atoms with Gasteiger partial charge in [-0.1, -0.05) is 23.4 Å². The van der Waals surface area contributed by atoms with Crippen LogP contribution in [0.15, 0.2) is 41.4 Å². The Morgan fingerprint density at radius 3 is 2.76 bits per heavy atom. The van der Waals surface area contributed by atoms with E-state index in [-0.39, 0.29) is 11.7 Å². The normalized spacial score (nSPS) is 12.9. The van der Waals surface area contributed by atoms with Gasteiger partial charge < -0.3 is 4.74 Å². The van der Waals surface area contributed by atoms with Gasteiger partial charge in [-0.2, -0.15) is 17.0 Å². The highest BCUT2D eigenvalue weighted by atomic mass is 35.5. The van der Waals surface area contributed by atoms with E-state index in [1.807, 2.05) is 6.26 Å². The maximum Gasteiger partial charge on any atom is 0.219 e. The van der Waals surface area contributed by atoms with Crippen molar-refractivity contribution in [1.29, 1.82) is 5.26 Å². The van der Waals surface area contributed by atoms with Gasteiger partial charge >= 0.3 is 0 Å². The van der Waals surface area contributed by atoms with Gasteiger partial charge in [0.1, 0.15) is 11.6 Å². The van der Waals surface area contributed by atoms with Gasteiger partial charge in [0.15, 0.2) is 10.5 Å². The standard InChI is InChI=1S/C17H14ClFN2O2S2/c1-11(22)17(9-20,10-24-2)25-15-7-13(4-5-14(15)18)23-16-6-3-12(19)8-21-16/h3-8H,10H2,1-2H3. The first-order valence-electron chi connectivity index (χ1n) is 7.09. The molecular weight excluding hydrogens is 383 g/mol. The third-order valence-electron chi connectivity index (χ3n) is 3.21. The maximum absolute atomic E-state index is 12.9. The molecule has 2 rings (SSSR count). The van der Waals surface area contributed by atoms with Gasteiger partial charge in [-0.3, -0.25) is 4.79 Å². The largest absolute Gasteiger partial charge is 0.439 e. The van der Waals surface area contributed by atoms with Gasteiger partial charge in [-0.25, -0.2) is 9.37 Å². The summed E-state index contributed by atoms with van der Waals surface area (Å²) in [5.74, 6) is 0.283. The number of rotatable bonds is 7. The zero-order valence-corrected chi connectivity index (χ0v) is 15.8. The van der Waals surface area contributed by atoms with Crippen LogP contribution in [0.3, 0.4) is 0 Å². The zero-order valence-electron chi connectivity index (χ0n) is 13.5. The van der Waals surface area contributed by atoms with Crippen LogP contribution in [-0.4, -0.2) is 27.5 Å². The molecule has 0 fully saturated rings. The minimum atomic E-state index is -1.23. The number of benzene rings is 1. The second kappa shape index (κ2) is 8.56. The van der Waals surface area contributed by atoms with Crippen molar-refractivity contribution in [3.8, 4) is 17.7 Å². The van der Waals surface area contributed by atoms with Gasteiger partial charge in [0.05, 0.1) is 17.3 Å². The summed E-state index contributed by atoms with van der Waals surface area (Å²) in [6.45, 7) is 1.39. The molecular formula is C17H14ClFN2O2S2. The fourth-order valence-electron chi connectivity index (χ4n) is 1.90. The van der Waals surface area contributed by atoms with Crippen LogP contribution in [0.1, 0.15) is 6.92 Å². The fraction of sp³-hybridized carbons (Fsp3) is 0.235. The van der Waals surface area contributed by atoms with E-state index in [1.54, 1.807) is 18.2 Å². The molecule has 2 aromatic rings. The van der Waals surface area contributed by atoms with E-state index < -0.39 is 10.6 Å². The predicted molar refractivity (Wildman–Crippen MR) is 99.0 cm³/mol. The molecule has 8 heteroatoms. The van der Waals surface area contributed by atoms with Crippen LogP contribution in [0, 0.1) is 17.1 Å². The summed E-state index contributed by atoms with van der Waals surface area (Å²) in [5, 5.41) is 9.94. The third kappa shape index (κ3) is 4.88. The van der Waals surface area contributed by atoms with Gasteiger partial charge in [-0.15, -0.1) is 0 Å². The van der Waals surface area contributed by atoms with Crippen LogP contribution in [0.5, 0.6) is 11.6 Å². The molecule has 0 saturated carbocycles. The fourth-order valence-corrected chi connectivity index (χ4v) is 4.30. The highest BCUT2D eigenvalue weighted by Gasteiger charge is 2.37. The number of pyridine rings is 1. The second-order valence-corrected chi connectivity index (χ2v) is 7.65. The molecule has 1 atom stereocenters. The molecule has 0 aliphatic heterocycles. The minimum absolute atomic E-state index is 0.224. The first-order valence-corrected chi connectivity index (χ1v) is 9.68. The summed E-state index contributed by atoms with van der Waals surface area (Å²) >= 11 is 8.73. The SMILES string of the molecule is CSCC(C#N)(Sc1cc(Oc2ccc(F)cn2)ccc1Cl)C(C)=O. The number of halogens is 2. The number of nitriles is 1. The van der Waals surface area contributed by atoms with E-state index in [0.717, 1.165) is 18.0 Å². The summed E-state index contributed by atoms with van der Waals surface area (Å²) in [7, 11) is 0. The Kier molecular flexibility index (Phi) is 6.71. The number of carbonyl (C=O) groups is 1. The quantitative estimate of drug-likeness (QED) is 0.615. The van der Waals surface area contributed by atoms with Crippen molar-refractivity contribution in [1.82, 2.24) is 4.98 Å². The molecule has 1 heterocycles. The number of ketones is 1. The Hall–Kier alpha value is -1.75. The predicted octanol–water partition coefficient (Wildman–Crippen LogP) is 4.97. The molecule has 130 valence electrons. The Bertz CT molecular complexity index is 811. The summed E-state index contributed by atoms with van der Waals surface area (Å²) in [4.78, 5) is 16.4. The number of ether oxygens (including phenoxy) is 1. The molecule has 1 unspecified atom stereocenters. The summed E-state index contributed by atoms with van der Waals surface area (Å²) < 4.78 is 17.3. The lowest BCUT2D eigenvalue weighted by Gasteiger charge is -2.22. The minimum Gasteiger partial charge on any atom is -0.439 e. The average molecular weight is 397 g/mol. The molecule has 0 radical (unpaired) electrons. The van der Waals surface area contributed by atoms with E-state index in [0.29, 0.717) is 21.4 Å². The van der Waals surface area contributed by atoms with E-state index in [2.05, 4.69) is 11.1 Å². The van der Waals surface area contributed by atoms with Gasteiger partial charge in [0.25, 0.3) is 0 Å². The van der Waals surface area contributed by atoms with Crippen LogP contribution >= 0.6 is 35.1 Å². The maximum atomic E-state index is 12.9. The molecule has 0 saturated heterocycles. The lowest BCUT2D eigenvalue weighted by molar-refractivity contribution is -0.117. The van der Waals surface area contributed by atoms with Crippen LogP contribution in [-0.2, 0) is 4.79 Å². The zero-order chi connectivity index (χ0) is 18.4. The number of carbonyl (C=O) groups excluding carboxylic acids is 1. The smallest absolute Gasteiger partial charge is 0.219 e. The monoisotopic (exact) mass is 396 g/mol. The molecule has 25 heavy (non-hydrogen) atoms. The number of hydrogen-bond donors (Lipinski definition) is 0. The third-order valence-corrected chi connectivity index (χ3v) is 5.98. The van der Waals surface area contributed by atoms with Gasteiger partial charge in [-0.05, 0) is 37.4 Å². The Balaban J connectivity index is 2.30. The van der Waals surface area contributed by atoms with Crippen LogP contribution in [0.25, 0.3) is 0 Å². The van der Waals surface area contributed by atoms with Gasteiger partial charge in [0, 0.05) is 16.7 Å². The summed E-state index contributed by atoms with van der Waals surface area (Å²) in [5.41, 5.74) is 0. The summed E-state index contributed by atoms with van der Waals surface area (Å²) in [6, 6.07) is 9.63. The Morgan fingerprint density at radius 2 is 2.20 bits per heavy atom. The highest BCUT2D eigenvalue weighted by Crippen LogP contribution is 2.41. The molecule has 4 nitrogen and oxygen atoms in total. The molecule has 0 spiro atoms. The number of nitrogens with zero attached hydrogens (tertiary/aromatic N) is 2. The van der Waals surface area contributed by atoms with Crippen molar-refractivity contribution in [3.05, 3.63) is 47.4 Å².